The van der Waals surface area contributed by atoms with E-state index < -0.39 is 0 Å². The fourth-order valence-corrected chi connectivity index (χ4v) is 1.95. The van der Waals surface area contributed by atoms with Gasteiger partial charge in [-0.05, 0) is 50.6 Å². The van der Waals surface area contributed by atoms with E-state index in [1.165, 1.54) is 21.9 Å². The molecular formula is C18H20N2. The maximum Gasteiger partial charge on any atom is 0.0600 e. The standard InChI is InChI=1S/C12H12.C6H8N2/c1-9-3-5-12-8-10(2)4-6-11(12)7-9;1-5-3-4-6(2)8-7-5/h3-8H,1-2H3;3-4H,1-2H3. The van der Waals surface area contributed by atoms with Crippen molar-refractivity contribution in [3.05, 3.63) is 71.0 Å². The molecule has 0 unspecified atom stereocenters. The van der Waals surface area contributed by atoms with E-state index in [1.807, 2.05) is 26.0 Å². The highest BCUT2D eigenvalue weighted by atomic mass is 15.1. The molecule has 0 radical (unpaired) electrons. The molecule has 0 amide bonds. The van der Waals surface area contributed by atoms with Gasteiger partial charge in [0.15, 0.2) is 0 Å². The van der Waals surface area contributed by atoms with E-state index in [4.69, 9.17) is 0 Å². The van der Waals surface area contributed by atoms with Gasteiger partial charge in [0.2, 0.25) is 0 Å². The highest BCUT2D eigenvalue weighted by Crippen LogP contribution is 2.16. The zero-order chi connectivity index (χ0) is 14.5. The van der Waals surface area contributed by atoms with E-state index in [1.54, 1.807) is 0 Å². The van der Waals surface area contributed by atoms with Crippen molar-refractivity contribution in [2.45, 2.75) is 27.7 Å². The van der Waals surface area contributed by atoms with Gasteiger partial charge in [-0.2, -0.15) is 10.2 Å². The van der Waals surface area contributed by atoms with Crippen LogP contribution in [0.1, 0.15) is 22.5 Å². The maximum atomic E-state index is 3.83. The van der Waals surface area contributed by atoms with Crippen LogP contribution in [-0.4, -0.2) is 10.2 Å². The molecule has 0 aliphatic carbocycles. The van der Waals surface area contributed by atoms with E-state index >= 15 is 0 Å². The average Bonchev–Trinajstić information content (AvgIpc) is 2.43. The van der Waals surface area contributed by atoms with Gasteiger partial charge in [-0.15, -0.1) is 0 Å². The molecule has 0 N–H and O–H groups in total. The lowest BCUT2D eigenvalue weighted by molar-refractivity contribution is 0.941. The Labute approximate surface area is 120 Å². The molecule has 0 aliphatic heterocycles. The molecule has 3 aromatic rings. The second-order valence-electron chi connectivity index (χ2n) is 5.17. The third-order valence-electron chi connectivity index (χ3n) is 3.08. The molecule has 1 heterocycles. The molecule has 0 aliphatic rings. The van der Waals surface area contributed by atoms with Gasteiger partial charge in [-0.25, -0.2) is 0 Å². The summed E-state index contributed by atoms with van der Waals surface area (Å²) in [6.07, 6.45) is 0. The minimum atomic E-state index is 0.968. The first-order valence-corrected chi connectivity index (χ1v) is 6.78. The minimum absolute atomic E-state index is 0.968. The lowest BCUT2D eigenvalue weighted by Gasteiger charge is -1.99. The summed E-state index contributed by atoms with van der Waals surface area (Å²) in [6, 6.07) is 17.0. The van der Waals surface area contributed by atoms with Crippen molar-refractivity contribution in [1.29, 1.82) is 0 Å². The molecule has 0 saturated heterocycles. The summed E-state index contributed by atoms with van der Waals surface area (Å²) >= 11 is 0. The number of rotatable bonds is 0. The van der Waals surface area contributed by atoms with Crippen molar-refractivity contribution in [3.63, 3.8) is 0 Å². The third kappa shape index (κ3) is 3.89. The van der Waals surface area contributed by atoms with E-state index in [-0.39, 0.29) is 0 Å². The fourth-order valence-electron chi connectivity index (χ4n) is 1.95. The molecule has 2 aromatic carbocycles. The molecule has 0 bridgehead atoms. The van der Waals surface area contributed by atoms with Crippen LogP contribution < -0.4 is 0 Å². The van der Waals surface area contributed by atoms with Crippen molar-refractivity contribution in [3.8, 4) is 0 Å². The molecule has 3 rings (SSSR count). The zero-order valence-electron chi connectivity index (χ0n) is 12.5. The Bertz CT molecular complexity index is 638. The van der Waals surface area contributed by atoms with Crippen LogP contribution in [0.2, 0.25) is 0 Å². The van der Waals surface area contributed by atoms with E-state index in [2.05, 4.69) is 60.4 Å². The smallest absolute Gasteiger partial charge is 0.0600 e. The molecule has 0 fully saturated rings. The summed E-state index contributed by atoms with van der Waals surface area (Å²) in [5.41, 5.74) is 4.59. The first kappa shape index (κ1) is 14.2. The van der Waals surface area contributed by atoms with Crippen LogP contribution in [-0.2, 0) is 0 Å². The Morgan fingerprint density at radius 2 is 0.950 bits per heavy atom. The Morgan fingerprint density at radius 3 is 1.30 bits per heavy atom. The van der Waals surface area contributed by atoms with Gasteiger partial charge < -0.3 is 0 Å². The number of benzene rings is 2. The SMILES string of the molecule is Cc1ccc(C)nn1.Cc1ccc2cc(C)ccc2c1. The molecule has 2 heteroatoms. The zero-order valence-corrected chi connectivity index (χ0v) is 12.5. The predicted molar refractivity (Wildman–Crippen MR) is 84.9 cm³/mol. The maximum absolute atomic E-state index is 3.83. The van der Waals surface area contributed by atoms with Crippen LogP contribution in [0.5, 0.6) is 0 Å². The minimum Gasteiger partial charge on any atom is -0.156 e. The third-order valence-corrected chi connectivity index (χ3v) is 3.08. The summed E-state index contributed by atoms with van der Waals surface area (Å²) in [6.45, 7) is 8.09. The number of hydrogen-bond acceptors (Lipinski definition) is 2. The number of aromatic nitrogens is 2. The first-order valence-electron chi connectivity index (χ1n) is 6.78. The number of fused-ring (bicyclic) bond motifs is 1. The van der Waals surface area contributed by atoms with Gasteiger partial charge in [0.05, 0.1) is 11.4 Å². The van der Waals surface area contributed by atoms with Crippen molar-refractivity contribution in [1.82, 2.24) is 10.2 Å². The van der Waals surface area contributed by atoms with E-state index in [0.29, 0.717) is 0 Å². The van der Waals surface area contributed by atoms with Crippen LogP contribution in [0.4, 0.5) is 0 Å². The summed E-state index contributed by atoms with van der Waals surface area (Å²) < 4.78 is 0. The summed E-state index contributed by atoms with van der Waals surface area (Å²) in [7, 11) is 0. The van der Waals surface area contributed by atoms with Gasteiger partial charge in [0, 0.05) is 0 Å². The average molecular weight is 264 g/mol. The number of aryl methyl sites for hydroxylation is 4. The van der Waals surface area contributed by atoms with Crippen molar-refractivity contribution >= 4 is 10.8 Å². The Balaban J connectivity index is 0.000000160. The summed E-state index contributed by atoms with van der Waals surface area (Å²) in [5, 5.41) is 10.3. The predicted octanol–water partition coefficient (Wildman–Crippen LogP) is 4.55. The van der Waals surface area contributed by atoms with Crippen molar-refractivity contribution in [2.75, 3.05) is 0 Å². The molecule has 102 valence electrons. The second-order valence-corrected chi connectivity index (χ2v) is 5.17. The van der Waals surface area contributed by atoms with Crippen LogP contribution in [0.25, 0.3) is 10.8 Å². The molecule has 0 spiro atoms. The van der Waals surface area contributed by atoms with Crippen LogP contribution in [0.15, 0.2) is 48.5 Å². The Hall–Kier alpha value is -2.22. The molecule has 20 heavy (non-hydrogen) atoms. The summed E-state index contributed by atoms with van der Waals surface area (Å²) in [4.78, 5) is 0. The monoisotopic (exact) mass is 264 g/mol. The van der Waals surface area contributed by atoms with Gasteiger partial charge in [0.1, 0.15) is 0 Å². The summed E-state index contributed by atoms with van der Waals surface area (Å²) in [5.74, 6) is 0. The molecular weight excluding hydrogens is 244 g/mol. The number of hydrogen-bond donors (Lipinski definition) is 0. The van der Waals surface area contributed by atoms with Crippen LogP contribution in [0, 0.1) is 27.7 Å². The molecule has 1 aromatic heterocycles. The Morgan fingerprint density at radius 1 is 0.550 bits per heavy atom. The van der Waals surface area contributed by atoms with Crippen LogP contribution >= 0.6 is 0 Å². The lowest BCUT2D eigenvalue weighted by atomic mass is 10.1. The quantitative estimate of drug-likeness (QED) is 0.595. The van der Waals surface area contributed by atoms with Crippen molar-refractivity contribution < 1.29 is 0 Å². The van der Waals surface area contributed by atoms with Crippen molar-refractivity contribution in [2.24, 2.45) is 0 Å². The fraction of sp³-hybridized carbons (Fsp3) is 0.222. The highest BCUT2D eigenvalue weighted by Gasteiger charge is 1.92. The highest BCUT2D eigenvalue weighted by molar-refractivity contribution is 5.83. The van der Waals surface area contributed by atoms with Crippen LogP contribution in [0.3, 0.4) is 0 Å². The molecule has 0 atom stereocenters. The van der Waals surface area contributed by atoms with Gasteiger partial charge in [-0.1, -0.05) is 47.5 Å². The van der Waals surface area contributed by atoms with E-state index in [9.17, 15) is 0 Å². The van der Waals surface area contributed by atoms with E-state index in [0.717, 1.165) is 11.4 Å². The largest absolute Gasteiger partial charge is 0.156 e. The molecule has 0 saturated carbocycles. The number of nitrogens with zero attached hydrogens (tertiary/aromatic N) is 2. The molecule has 2 nitrogen and oxygen atoms in total. The topological polar surface area (TPSA) is 25.8 Å². The second kappa shape index (κ2) is 6.29. The lowest BCUT2D eigenvalue weighted by Crippen LogP contribution is -1.86. The normalized spacial score (nSPS) is 10.0. The van der Waals surface area contributed by atoms with Gasteiger partial charge >= 0.3 is 0 Å². The van der Waals surface area contributed by atoms with Gasteiger partial charge in [-0.3, -0.25) is 0 Å². The van der Waals surface area contributed by atoms with Gasteiger partial charge in [0.25, 0.3) is 0 Å². The Kier molecular flexibility index (Phi) is 4.46. The first-order chi connectivity index (χ1) is 9.54.